The Kier molecular flexibility index (Phi) is 4.20. The summed E-state index contributed by atoms with van der Waals surface area (Å²) in [5.74, 6) is -0.734. The molecule has 4 heteroatoms. The third-order valence-corrected chi connectivity index (χ3v) is 1.80. The lowest BCUT2D eigenvalue weighted by Crippen LogP contribution is -2.52. The summed E-state index contributed by atoms with van der Waals surface area (Å²) in [4.78, 5) is 10.3. The number of aliphatic carboxylic acids is 1. The first-order valence-electron chi connectivity index (χ1n) is 4.16. The molecule has 0 aliphatic heterocycles. The van der Waals surface area contributed by atoms with E-state index in [9.17, 15) is 4.79 Å². The first kappa shape index (κ1) is 11.4. The van der Waals surface area contributed by atoms with E-state index in [2.05, 4.69) is 5.01 Å². The summed E-state index contributed by atoms with van der Waals surface area (Å²) in [6.07, 6.45) is 0.212. The second-order valence-corrected chi connectivity index (χ2v) is 3.63. The molecule has 4 nitrogen and oxygen atoms in total. The molecule has 0 aromatic carbocycles. The Hall–Kier alpha value is -0.610. The van der Waals surface area contributed by atoms with Crippen LogP contribution in [0.4, 0.5) is 0 Å². The third-order valence-electron chi connectivity index (χ3n) is 1.80. The normalized spacial score (nSPS) is 12.1. The third kappa shape index (κ3) is 4.31. The minimum atomic E-state index is -0.734. The molecular formula is C8H19N2O2+. The van der Waals surface area contributed by atoms with Crippen molar-refractivity contribution in [2.75, 3.05) is 34.2 Å². The fourth-order valence-electron chi connectivity index (χ4n) is 1.11. The Morgan fingerprint density at radius 2 is 1.92 bits per heavy atom. The van der Waals surface area contributed by atoms with Gasteiger partial charge in [-0.2, -0.15) is 5.01 Å². The van der Waals surface area contributed by atoms with Gasteiger partial charge in [0.1, 0.15) is 0 Å². The maximum absolute atomic E-state index is 10.3. The van der Waals surface area contributed by atoms with Crippen LogP contribution in [-0.4, -0.2) is 54.9 Å². The molecule has 0 radical (unpaired) electrons. The van der Waals surface area contributed by atoms with Crippen LogP contribution >= 0.6 is 0 Å². The number of nitrogens with zero attached hydrogens (tertiary/aromatic N) is 2. The smallest absolute Gasteiger partial charge is 0.304 e. The van der Waals surface area contributed by atoms with Crippen molar-refractivity contribution < 1.29 is 14.5 Å². The molecule has 0 unspecified atom stereocenters. The topological polar surface area (TPSA) is 40.5 Å². The van der Waals surface area contributed by atoms with Gasteiger partial charge < -0.3 is 5.11 Å². The first-order chi connectivity index (χ1) is 5.38. The number of carboxylic acid groups (broad SMARTS) is 1. The van der Waals surface area contributed by atoms with Gasteiger partial charge in [0.05, 0.1) is 34.1 Å². The highest BCUT2D eigenvalue weighted by atomic mass is 16.4. The molecule has 0 bridgehead atoms. The lowest BCUT2D eigenvalue weighted by atomic mass is 10.4. The molecule has 0 spiro atoms. The number of carboxylic acids is 1. The van der Waals surface area contributed by atoms with Gasteiger partial charge >= 0.3 is 5.97 Å². The van der Waals surface area contributed by atoms with E-state index >= 15 is 0 Å². The van der Waals surface area contributed by atoms with Crippen LogP contribution in [0.1, 0.15) is 13.3 Å². The summed E-state index contributed by atoms with van der Waals surface area (Å²) in [7, 11) is 6.10. The number of hydrogen-bond acceptors (Lipinski definition) is 2. The second kappa shape index (κ2) is 4.42. The number of carbonyl (C=O) groups is 1. The zero-order valence-electron chi connectivity index (χ0n) is 8.37. The maximum Gasteiger partial charge on any atom is 0.304 e. The summed E-state index contributed by atoms with van der Waals surface area (Å²) in [5.41, 5.74) is 0. The fraction of sp³-hybridized carbons (Fsp3) is 0.875. The van der Waals surface area contributed by atoms with E-state index in [0.29, 0.717) is 11.1 Å². The standard InChI is InChI=1S/C8H18N2O2/c1-5-9(10(2,3)4)7-6-8(11)12/h5-7H2,1-4H3/p+1. The lowest BCUT2D eigenvalue weighted by Gasteiger charge is -2.35. The molecule has 0 saturated carbocycles. The van der Waals surface area contributed by atoms with Crippen LogP contribution in [0, 0.1) is 0 Å². The van der Waals surface area contributed by atoms with E-state index in [1.54, 1.807) is 0 Å². The maximum atomic E-state index is 10.3. The zero-order chi connectivity index (χ0) is 9.78. The van der Waals surface area contributed by atoms with E-state index in [0.717, 1.165) is 6.54 Å². The molecule has 0 amide bonds. The van der Waals surface area contributed by atoms with Crippen LogP contribution in [0.3, 0.4) is 0 Å². The van der Waals surface area contributed by atoms with Gasteiger partial charge in [0.2, 0.25) is 0 Å². The molecule has 1 N–H and O–H groups in total. The first-order valence-corrected chi connectivity index (χ1v) is 4.16. The number of rotatable bonds is 5. The highest BCUT2D eigenvalue weighted by Crippen LogP contribution is 2.01. The predicted octanol–water partition coefficient (Wildman–Crippen LogP) is 0.404. The van der Waals surface area contributed by atoms with Gasteiger partial charge in [0.15, 0.2) is 0 Å². The second-order valence-electron chi connectivity index (χ2n) is 3.63. The van der Waals surface area contributed by atoms with E-state index in [-0.39, 0.29) is 6.42 Å². The minimum Gasteiger partial charge on any atom is -0.481 e. The Labute approximate surface area is 73.9 Å². The lowest BCUT2D eigenvalue weighted by molar-refractivity contribution is -0.986. The van der Waals surface area contributed by atoms with Gasteiger partial charge in [-0.05, 0) is 6.92 Å². The van der Waals surface area contributed by atoms with Gasteiger partial charge in [0.25, 0.3) is 0 Å². The SMILES string of the molecule is CCN(CCC(=O)O)[N+](C)(C)C. The van der Waals surface area contributed by atoms with Gasteiger partial charge in [-0.1, -0.05) is 0 Å². The van der Waals surface area contributed by atoms with Gasteiger partial charge in [-0.3, -0.25) is 9.39 Å². The molecule has 72 valence electrons. The summed E-state index contributed by atoms with van der Waals surface area (Å²) in [6.45, 7) is 3.51. The molecule has 0 aromatic heterocycles. The summed E-state index contributed by atoms with van der Waals surface area (Å²) in [6, 6.07) is 0. The van der Waals surface area contributed by atoms with Crippen molar-refractivity contribution in [3.8, 4) is 0 Å². The highest BCUT2D eigenvalue weighted by molar-refractivity contribution is 5.66. The van der Waals surface area contributed by atoms with E-state index in [1.807, 2.05) is 28.1 Å². The van der Waals surface area contributed by atoms with Crippen molar-refractivity contribution in [2.24, 2.45) is 0 Å². The zero-order valence-corrected chi connectivity index (χ0v) is 8.37. The molecule has 0 saturated heterocycles. The summed E-state index contributed by atoms with van der Waals surface area (Å²) >= 11 is 0. The largest absolute Gasteiger partial charge is 0.481 e. The van der Waals surface area contributed by atoms with Gasteiger partial charge in [-0.25, -0.2) is 0 Å². The molecule has 0 aliphatic rings. The van der Waals surface area contributed by atoms with Crippen molar-refractivity contribution >= 4 is 5.97 Å². The van der Waals surface area contributed by atoms with Crippen molar-refractivity contribution in [2.45, 2.75) is 13.3 Å². The number of hydrogen-bond donors (Lipinski definition) is 1. The van der Waals surface area contributed by atoms with Crippen LogP contribution in [-0.2, 0) is 4.79 Å². The molecule has 0 atom stereocenters. The molecule has 0 aromatic rings. The average Bonchev–Trinajstić information content (AvgIpc) is 1.85. The predicted molar refractivity (Wildman–Crippen MR) is 47.5 cm³/mol. The van der Waals surface area contributed by atoms with Crippen LogP contribution in [0.15, 0.2) is 0 Å². The Morgan fingerprint density at radius 3 is 2.17 bits per heavy atom. The molecule has 0 rings (SSSR count). The molecule has 0 aliphatic carbocycles. The van der Waals surface area contributed by atoms with E-state index < -0.39 is 5.97 Å². The van der Waals surface area contributed by atoms with Crippen LogP contribution in [0.5, 0.6) is 0 Å². The minimum absolute atomic E-state index is 0.212. The molecular weight excluding hydrogens is 156 g/mol. The van der Waals surface area contributed by atoms with Crippen LogP contribution in [0.2, 0.25) is 0 Å². The molecule has 0 fully saturated rings. The van der Waals surface area contributed by atoms with E-state index in [1.165, 1.54) is 0 Å². The average molecular weight is 175 g/mol. The fourth-order valence-corrected chi connectivity index (χ4v) is 1.11. The number of quaternary nitrogens is 1. The molecule has 12 heavy (non-hydrogen) atoms. The summed E-state index contributed by atoms with van der Waals surface area (Å²) < 4.78 is 0.684. The van der Waals surface area contributed by atoms with E-state index in [4.69, 9.17) is 5.11 Å². The monoisotopic (exact) mass is 175 g/mol. The van der Waals surface area contributed by atoms with Crippen molar-refractivity contribution in [3.63, 3.8) is 0 Å². The summed E-state index contributed by atoms with van der Waals surface area (Å²) in [5, 5.41) is 10.6. The Balaban J connectivity index is 3.92. The Morgan fingerprint density at radius 1 is 1.42 bits per heavy atom. The van der Waals surface area contributed by atoms with Crippen molar-refractivity contribution in [1.82, 2.24) is 5.01 Å². The van der Waals surface area contributed by atoms with Gasteiger partial charge in [0, 0.05) is 6.54 Å². The Bertz CT molecular complexity index is 152. The van der Waals surface area contributed by atoms with Crippen LogP contribution < -0.4 is 0 Å². The van der Waals surface area contributed by atoms with Crippen molar-refractivity contribution in [1.29, 1.82) is 0 Å². The van der Waals surface area contributed by atoms with Crippen LogP contribution in [0.25, 0.3) is 0 Å². The molecule has 0 heterocycles. The van der Waals surface area contributed by atoms with Crippen molar-refractivity contribution in [3.05, 3.63) is 0 Å². The van der Waals surface area contributed by atoms with Gasteiger partial charge in [-0.15, -0.1) is 0 Å². The quantitative estimate of drug-likeness (QED) is 0.486. The highest BCUT2D eigenvalue weighted by Gasteiger charge is 2.18.